The molecule has 1 fully saturated rings. The first-order valence-corrected chi connectivity index (χ1v) is 6.53. The average molecular weight is 237 g/mol. The van der Waals surface area contributed by atoms with Crippen molar-refractivity contribution < 1.29 is 9.53 Å². The molecule has 1 N–H and O–H groups in total. The summed E-state index contributed by atoms with van der Waals surface area (Å²) in [4.78, 5) is 13.2. The Bertz CT molecular complexity index is 358. The van der Waals surface area contributed by atoms with Crippen LogP contribution in [0.5, 0.6) is 0 Å². The minimum Gasteiger partial charge on any atom is -0.378 e. The number of ether oxygens (including phenoxy) is 1. The second-order valence-electron chi connectivity index (χ2n) is 3.67. The topological polar surface area (TPSA) is 38.3 Å². The summed E-state index contributed by atoms with van der Waals surface area (Å²) in [5.41, 5.74) is 0.751. The zero-order valence-electron chi connectivity index (χ0n) is 9.23. The van der Waals surface area contributed by atoms with E-state index >= 15 is 0 Å². The van der Waals surface area contributed by atoms with Crippen LogP contribution in [0.15, 0.2) is 29.2 Å². The maximum absolute atomic E-state index is 12.1. The van der Waals surface area contributed by atoms with Crippen LogP contribution >= 0.6 is 11.8 Å². The van der Waals surface area contributed by atoms with Crippen LogP contribution in [0.2, 0.25) is 0 Å². The highest BCUT2D eigenvalue weighted by Gasteiger charge is 2.22. The molecule has 0 bridgehead atoms. The molecule has 1 aliphatic rings. The van der Waals surface area contributed by atoms with Gasteiger partial charge in [-0.1, -0.05) is 12.1 Å². The average Bonchev–Trinajstić information content (AvgIpc) is 2.39. The van der Waals surface area contributed by atoms with Crippen LogP contribution in [-0.4, -0.2) is 37.8 Å². The van der Waals surface area contributed by atoms with Crippen molar-refractivity contribution >= 4 is 17.5 Å². The minimum absolute atomic E-state index is 0.118. The van der Waals surface area contributed by atoms with Crippen molar-refractivity contribution in [1.29, 1.82) is 0 Å². The third-order valence-corrected chi connectivity index (χ3v) is 3.36. The van der Waals surface area contributed by atoms with E-state index in [9.17, 15) is 4.79 Å². The van der Waals surface area contributed by atoms with Crippen LogP contribution in [-0.2, 0) is 4.74 Å². The summed E-state index contributed by atoms with van der Waals surface area (Å²) >= 11 is 1.67. The van der Waals surface area contributed by atoms with Crippen LogP contribution < -0.4 is 5.32 Å². The molecule has 1 aromatic carbocycles. The van der Waals surface area contributed by atoms with Crippen LogP contribution in [0.4, 0.5) is 0 Å². The number of nitrogens with one attached hydrogen (secondary N) is 1. The monoisotopic (exact) mass is 237 g/mol. The number of Topliss-reactive ketones (excluding diaryl/α,β-unsaturated/α-hetero) is 1. The first-order chi connectivity index (χ1) is 7.81. The lowest BCUT2D eigenvalue weighted by Gasteiger charge is -2.22. The van der Waals surface area contributed by atoms with Crippen molar-refractivity contribution in [2.24, 2.45) is 0 Å². The molecule has 0 saturated carbocycles. The van der Waals surface area contributed by atoms with E-state index in [-0.39, 0.29) is 11.8 Å². The Balaban J connectivity index is 2.07. The highest BCUT2D eigenvalue weighted by Crippen LogP contribution is 2.16. The number of thioether (sulfide) groups is 1. The van der Waals surface area contributed by atoms with Gasteiger partial charge < -0.3 is 10.1 Å². The molecule has 2 rings (SSSR count). The van der Waals surface area contributed by atoms with Gasteiger partial charge in [0, 0.05) is 17.0 Å². The Labute approximate surface area is 99.6 Å². The lowest BCUT2D eigenvalue weighted by Crippen LogP contribution is -2.46. The maximum Gasteiger partial charge on any atom is 0.182 e. The molecule has 0 radical (unpaired) electrons. The quantitative estimate of drug-likeness (QED) is 0.640. The van der Waals surface area contributed by atoms with E-state index in [1.54, 1.807) is 11.8 Å². The lowest BCUT2D eigenvalue weighted by atomic mass is 10.0. The largest absolute Gasteiger partial charge is 0.378 e. The molecule has 1 atom stereocenters. The van der Waals surface area contributed by atoms with E-state index in [1.165, 1.54) is 4.90 Å². The number of hydrogen-bond acceptors (Lipinski definition) is 4. The first kappa shape index (κ1) is 11.6. The fraction of sp³-hybridized carbons (Fsp3) is 0.417. The fourth-order valence-electron chi connectivity index (χ4n) is 1.69. The second-order valence-corrected chi connectivity index (χ2v) is 4.55. The molecule has 0 spiro atoms. The molecule has 1 saturated heterocycles. The van der Waals surface area contributed by atoms with Gasteiger partial charge in [-0.3, -0.25) is 4.79 Å². The number of benzene rings is 1. The SMILES string of the molecule is CSc1ccc(C(=O)C2COCCN2)cc1. The molecule has 1 aromatic rings. The van der Waals surface area contributed by atoms with Crippen LogP contribution in [0.25, 0.3) is 0 Å². The summed E-state index contributed by atoms with van der Waals surface area (Å²) in [6, 6.07) is 7.52. The molecule has 0 amide bonds. The molecular weight excluding hydrogens is 222 g/mol. The van der Waals surface area contributed by atoms with E-state index in [0.29, 0.717) is 13.2 Å². The third-order valence-electron chi connectivity index (χ3n) is 2.61. The van der Waals surface area contributed by atoms with Crippen LogP contribution in [0, 0.1) is 0 Å². The Morgan fingerprint density at radius 1 is 1.44 bits per heavy atom. The minimum atomic E-state index is -0.186. The molecule has 16 heavy (non-hydrogen) atoms. The van der Waals surface area contributed by atoms with Crippen molar-refractivity contribution in [3.05, 3.63) is 29.8 Å². The number of morpholine rings is 1. The first-order valence-electron chi connectivity index (χ1n) is 5.30. The summed E-state index contributed by atoms with van der Waals surface area (Å²) in [6.07, 6.45) is 2.02. The van der Waals surface area contributed by atoms with E-state index < -0.39 is 0 Å². The van der Waals surface area contributed by atoms with E-state index in [1.807, 2.05) is 30.5 Å². The molecule has 86 valence electrons. The van der Waals surface area contributed by atoms with Crippen LogP contribution in [0.3, 0.4) is 0 Å². The lowest BCUT2D eigenvalue weighted by molar-refractivity contribution is 0.0607. The van der Waals surface area contributed by atoms with Gasteiger partial charge in [0.1, 0.15) is 0 Å². The molecule has 1 unspecified atom stereocenters. The third kappa shape index (κ3) is 2.64. The summed E-state index contributed by atoms with van der Waals surface area (Å²) in [5.74, 6) is 0.118. The zero-order chi connectivity index (χ0) is 11.4. The van der Waals surface area contributed by atoms with Gasteiger partial charge in [0.15, 0.2) is 5.78 Å². The Morgan fingerprint density at radius 3 is 2.75 bits per heavy atom. The van der Waals surface area contributed by atoms with E-state index in [2.05, 4.69) is 5.32 Å². The van der Waals surface area contributed by atoms with Gasteiger partial charge >= 0.3 is 0 Å². The maximum atomic E-state index is 12.1. The summed E-state index contributed by atoms with van der Waals surface area (Å²) in [6.45, 7) is 1.91. The number of ketones is 1. The van der Waals surface area contributed by atoms with Crippen LogP contribution in [0.1, 0.15) is 10.4 Å². The number of rotatable bonds is 3. The molecule has 0 aromatic heterocycles. The molecule has 1 heterocycles. The van der Waals surface area contributed by atoms with Gasteiger partial charge in [0.05, 0.1) is 19.3 Å². The van der Waals surface area contributed by atoms with Crippen molar-refractivity contribution in [2.45, 2.75) is 10.9 Å². The molecule has 0 aliphatic carbocycles. The van der Waals surface area contributed by atoms with Crippen molar-refractivity contribution in [2.75, 3.05) is 26.0 Å². The number of carbonyl (C=O) groups is 1. The molecule has 4 heteroatoms. The number of hydrogen-bond donors (Lipinski definition) is 1. The van der Waals surface area contributed by atoms with Gasteiger partial charge in [-0.25, -0.2) is 0 Å². The number of carbonyl (C=O) groups excluding carboxylic acids is 1. The highest BCUT2D eigenvalue weighted by atomic mass is 32.2. The molecule has 3 nitrogen and oxygen atoms in total. The van der Waals surface area contributed by atoms with Gasteiger partial charge in [0.2, 0.25) is 0 Å². The van der Waals surface area contributed by atoms with Gasteiger partial charge in [-0.05, 0) is 18.4 Å². The Morgan fingerprint density at radius 2 is 2.19 bits per heavy atom. The van der Waals surface area contributed by atoms with Crippen molar-refractivity contribution in [3.63, 3.8) is 0 Å². The van der Waals surface area contributed by atoms with E-state index in [0.717, 1.165) is 12.1 Å². The second kappa shape index (κ2) is 5.48. The molecular formula is C12H15NO2S. The van der Waals surface area contributed by atoms with Gasteiger partial charge in [-0.15, -0.1) is 11.8 Å². The van der Waals surface area contributed by atoms with Crippen molar-refractivity contribution in [3.8, 4) is 0 Å². The summed E-state index contributed by atoms with van der Waals surface area (Å²) in [7, 11) is 0. The Kier molecular flexibility index (Phi) is 3.98. The standard InChI is InChI=1S/C12H15NO2S/c1-16-10-4-2-9(3-5-10)12(14)11-8-15-7-6-13-11/h2-5,11,13H,6-8H2,1H3. The van der Waals surface area contributed by atoms with Crippen molar-refractivity contribution in [1.82, 2.24) is 5.32 Å². The van der Waals surface area contributed by atoms with E-state index in [4.69, 9.17) is 4.74 Å². The predicted octanol–water partition coefficient (Wildman–Crippen LogP) is 1.58. The normalized spacial score (nSPS) is 20.7. The highest BCUT2D eigenvalue weighted by molar-refractivity contribution is 7.98. The fourth-order valence-corrected chi connectivity index (χ4v) is 2.10. The smallest absolute Gasteiger partial charge is 0.182 e. The predicted molar refractivity (Wildman–Crippen MR) is 65.2 cm³/mol. The summed E-state index contributed by atoms with van der Waals surface area (Å²) < 4.78 is 5.28. The Hall–Kier alpha value is -0.840. The zero-order valence-corrected chi connectivity index (χ0v) is 10.0. The van der Waals surface area contributed by atoms with Gasteiger partial charge in [-0.2, -0.15) is 0 Å². The summed E-state index contributed by atoms with van der Waals surface area (Å²) in [5, 5.41) is 3.17. The van der Waals surface area contributed by atoms with Gasteiger partial charge in [0.25, 0.3) is 0 Å². The molecule has 1 aliphatic heterocycles.